The first-order valence-corrected chi connectivity index (χ1v) is 4.86. The zero-order valence-electron chi connectivity index (χ0n) is 8.49. The summed E-state index contributed by atoms with van der Waals surface area (Å²) < 4.78 is 6.78. The molecule has 0 bridgehead atoms. The van der Waals surface area contributed by atoms with Crippen molar-refractivity contribution in [2.45, 2.75) is 0 Å². The van der Waals surface area contributed by atoms with E-state index in [0.29, 0.717) is 5.02 Å². The zero-order chi connectivity index (χ0) is 11.0. The smallest absolute Gasteiger partial charge is 0.367 e. The lowest BCUT2D eigenvalue weighted by Gasteiger charge is -2.03. The molecule has 0 aliphatic carbocycles. The molecule has 3 nitrogen and oxygen atoms in total. The number of methoxy groups -OCH3 is 1. The molecule has 15 heavy (non-hydrogen) atoms. The van der Waals surface area contributed by atoms with Crippen LogP contribution in [0.15, 0.2) is 24.3 Å². The number of aromatic nitrogens is 1. The third-order valence-electron chi connectivity index (χ3n) is 2.42. The van der Waals surface area contributed by atoms with E-state index in [2.05, 4.69) is 0 Å². The summed E-state index contributed by atoms with van der Waals surface area (Å²) in [5.74, 6) is 0.882. The molecule has 0 radical (unpaired) electrons. The average molecular weight is 225 g/mol. The Morgan fingerprint density at radius 2 is 2.07 bits per heavy atom. The molecule has 1 aromatic heterocycles. The van der Waals surface area contributed by atoms with Crippen LogP contribution in [0.25, 0.3) is 10.9 Å². The van der Waals surface area contributed by atoms with E-state index in [-0.39, 0.29) is 5.88 Å². The Morgan fingerprint density at radius 1 is 1.33 bits per heavy atom. The van der Waals surface area contributed by atoms with Crippen molar-refractivity contribution in [3.8, 4) is 11.6 Å². The fourth-order valence-corrected chi connectivity index (χ4v) is 1.79. The fraction of sp³-hybridized carbons (Fsp3) is 0.182. The number of fused-ring (bicyclic) bond motifs is 1. The number of pyridine rings is 1. The summed E-state index contributed by atoms with van der Waals surface area (Å²) in [7, 11) is 3.38. The Kier molecular flexibility index (Phi) is 2.40. The highest BCUT2D eigenvalue weighted by atomic mass is 35.5. The van der Waals surface area contributed by atoms with Crippen molar-refractivity contribution < 1.29 is 14.4 Å². The van der Waals surface area contributed by atoms with Gasteiger partial charge in [0.25, 0.3) is 0 Å². The molecule has 0 aliphatic rings. The number of nitrogens with zero attached hydrogens (tertiary/aromatic N) is 1. The molecule has 78 valence electrons. The molecule has 0 amide bonds. The van der Waals surface area contributed by atoms with Gasteiger partial charge in [-0.2, -0.15) is 4.57 Å². The van der Waals surface area contributed by atoms with E-state index in [1.165, 1.54) is 6.07 Å². The van der Waals surface area contributed by atoms with Gasteiger partial charge < -0.3 is 9.84 Å². The molecule has 0 spiro atoms. The van der Waals surface area contributed by atoms with Gasteiger partial charge >= 0.3 is 5.88 Å². The van der Waals surface area contributed by atoms with E-state index in [4.69, 9.17) is 16.3 Å². The summed E-state index contributed by atoms with van der Waals surface area (Å²) in [6.45, 7) is 0. The third kappa shape index (κ3) is 1.59. The molecular weight excluding hydrogens is 214 g/mol. The van der Waals surface area contributed by atoms with Crippen molar-refractivity contribution in [2.24, 2.45) is 7.05 Å². The summed E-state index contributed by atoms with van der Waals surface area (Å²) in [5.41, 5.74) is 0.862. The maximum atomic E-state index is 9.57. The van der Waals surface area contributed by atoms with Crippen molar-refractivity contribution in [2.75, 3.05) is 7.11 Å². The van der Waals surface area contributed by atoms with Crippen LogP contribution in [0.5, 0.6) is 11.6 Å². The molecule has 2 rings (SSSR count). The first kappa shape index (κ1) is 10.1. The second kappa shape index (κ2) is 3.59. The van der Waals surface area contributed by atoms with Crippen LogP contribution >= 0.6 is 11.6 Å². The van der Waals surface area contributed by atoms with Gasteiger partial charge in [-0.1, -0.05) is 11.6 Å². The molecule has 1 aromatic carbocycles. The molecule has 0 aliphatic heterocycles. The van der Waals surface area contributed by atoms with Crippen LogP contribution in [0.3, 0.4) is 0 Å². The van der Waals surface area contributed by atoms with Crippen molar-refractivity contribution in [3.63, 3.8) is 0 Å². The summed E-state index contributed by atoms with van der Waals surface area (Å²) in [4.78, 5) is 0. The molecule has 1 heterocycles. The van der Waals surface area contributed by atoms with Gasteiger partial charge in [0, 0.05) is 6.07 Å². The van der Waals surface area contributed by atoms with Gasteiger partial charge in [0.1, 0.15) is 12.8 Å². The number of aryl methyl sites for hydroxylation is 1. The molecular formula is C11H11ClNO2+. The molecule has 0 atom stereocenters. The number of rotatable bonds is 1. The second-order valence-corrected chi connectivity index (χ2v) is 3.70. The lowest BCUT2D eigenvalue weighted by molar-refractivity contribution is -0.651. The van der Waals surface area contributed by atoms with Gasteiger partial charge in [-0.3, -0.25) is 0 Å². The van der Waals surface area contributed by atoms with Crippen molar-refractivity contribution in [1.82, 2.24) is 0 Å². The predicted octanol–water partition coefficient (Wildman–Crippen LogP) is 2.03. The highest BCUT2D eigenvalue weighted by Gasteiger charge is 2.14. The standard InChI is InChI=1S/C11H10ClNO2/c1-13-10-4-3-7(15-2)5-8(10)9(12)6-11(13)14/h3-6H,1-2H3/p+1. The van der Waals surface area contributed by atoms with E-state index in [1.807, 2.05) is 18.2 Å². The number of aromatic hydroxyl groups is 1. The van der Waals surface area contributed by atoms with E-state index in [1.54, 1.807) is 18.7 Å². The molecule has 0 saturated heterocycles. The average Bonchev–Trinajstić information content (AvgIpc) is 2.25. The van der Waals surface area contributed by atoms with Gasteiger partial charge in [0.2, 0.25) is 5.52 Å². The zero-order valence-corrected chi connectivity index (χ0v) is 9.25. The van der Waals surface area contributed by atoms with Crippen LogP contribution in [-0.4, -0.2) is 12.2 Å². The maximum absolute atomic E-state index is 9.57. The number of ether oxygens (including phenoxy) is 1. The van der Waals surface area contributed by atoms with Crippen molar-refractivity contribution >= 4 is 22.5 Å². The lowest BCUT2D eigenvalue weighted by Crippen LogP contribution is -2.28. The third-order valence-corrected chi connectivity index (χ3v) is 2.73. The molecule has 0 saturated carbocycles. The van der Waals surface area contributed by atoms with Gasteiger partial charge in [-0.25, -0.2) is 0 Å². The molecule has 1 N–H and O–H groups in total. The lowest BCUT2D eigenvalue weighted by atomic mass is 10.2. The van der Waals surface area contributed by atoms with Crippen LogP contribution in [0.4, 0.5) is 0 Å². The van der Waals surface area contributed by atoms with Crippen LogP contribution in [0, 0.1) is 0 Å². The Balaban J connectivity index is 2.84. The highest BCUT2D eigenvalue weighted by molar-refractivity contribution is 6.35. The van der Waals surface area contributed by atoms with E-state index >= 15 is 0 Å². The fourth-order valence-electron chi connectivity index (χ4n) is 1.54. The van der Waals surface area contributed by atoms with Gasteiger partial charge in [0.15, 0.2) is 0 Å². The Bertz CT molecular complexity index is 525. The van der Waals surface area contributed by atoms with Crippen molar-refractivity contribution in [3.05, 3.63) is 29.3 Å². The Hall–Kier alpha value is -1.48. The first-order chi connectivity index (χ1) is 7.13. The SMILES string of the molecule is COc1ccc2c(c1)c(Cl)cc(O)[n+]2C. The largest absolute Gasteiger partial charge is 0.497 e. The topological polar surface area (TPSA) is 33.3 Å². The van der Waals surface area contributed by atoms with E-state index in [9.17, 15) is 5.11 Å². The summed E-state index contributed by atoms with van der Waals surface area (Å²) in [5, 5.41) is 10.9. The number of benzene rings is 1. The van der Waals surface area contributed by atoms with Crippen LogP contribution in [-0.2, 0) is 7.05 Å². The monoisotopic (exact) mass is 224 g/mol. The van der Waals surface area contributed by atoms with Crippen LogP contribution in [0.2, 0.25) is 5.02 Å². The second-order valence-electron chi connectivity index (χ2n) is 3.29. The predicted molar refractivity (Wildman–Crippen MR) is 58.4 cm³/mol. The number of hydrogen-bond donors (Lipinski definition) is 1. The van der Waals surface area contributed by atoms with E-state index in [0.717, 1.165) is 16.7 Å². The van der Waals surface area contributed by atoms with Crippen LogP contribution < -0.4 is 9.30 Å². The van der Waals surface area contributed by atoms with Gasteiger partial charge in [-0.15, -0.1) is 0 Å². The maximum Gasteiger partial charge on any atom is 0.367 e. The summed E-state index contributed by atoms with van der Waals surface area (Å²) >= 11 is 6.03. The van der Waals surface area contributed by atoms with Crippen LogP contribution in [0.1, 0.15) is 0 Å². The quantitative estimate of drug-likeness (QED) is 0.752. The van der Waals surface area contributed by atoms with Gasteiger partial charge in [-0.05, 0) is 12.1 Å². The number of hydrogen-bond acceptors (Lipinski definition) is 2. The molecule has 4 heteroatoms. The number of halogens is 1. The molecule has 0 fully saturated rings. The molecule has 2 aromatic rings. The summed E-state index contributed by atoms with van der Waals surface area (Å²) in [6, 6.07) is 7.05. The molecule has 0 unspecified atom stereocenters. The normalized spacial score (nSPS) is 10.6. The highest BCUT2D eigenvalue weighted by Crippen LogP contribution is 2.27. The summed E-state index contributed by atoms with van der Waals surface area (Å²) in [6.07, 6.45) is 0. The Morgan fingerprint density at radius 3 is 2.73 bits per heavy atom. The minimum absolute atomic E-state index is 0.137. The first-order valence-electron chi connectivity index (χ1n) is 4.48. The van der Waals surface area contributed by atoms with Gasteiger partial charge in [0.05, 0.1) is 23.6 Å². The van der Waals surface area contributed by atoms with Crippen molar-refractivity contribution in [1.29, 1.82) is 0 Å². The Labute approximate surface area is 92.5 Å². The van der Waals surface area contributed by atoms with E-state index < -0.39 is 0 Å². The minimum atomic E-state index is 0.137. The minimum Gasteiger partial charge on any atom is -0.497 e.